The molecular weight excluding hydrogens is 829 g/mol. The van der Waals surface area contributed by atoms with Gasteiger partial charge >= 0.3 is 0 Å². The fourth-order valence-corrected chi connectivity index (χ4v) is 10.7. The molecule has 0 bridgehead atoms. The molecule has 4 heteroatoms. The molecule has 4 nitrogen and oxygen atoms in total. The van der Waals surface area contributed by atoms with Crippen LogP contribution in [0.1, 0.15) is 0 Å². The standard InChI is InChI=1S/C64H40N2O2/c1-2-15-51-41(13-1)33-40-55-63-50(20-12-26-61(63)68-64(51)55)44-31-38-47(39-32-44)65(46-36-29-43(30-37-46)49-19-11-25-60-62(49)54-18-6-10-24-59(54)67-60)45-34-27-42(28-35-45)48-14-3-7-21-56(48)66-57-22-8-4-16-52(57)53-17-5-9-23-58(53)66/h1-40H. The van der Waals surface area contributed by atoms with Crippen LogP contribution in [-0.4, -0.2) is 4.57 Å². The van der Waals surface area contributed by atoms with Crippen molar-refractivity contribution in [1.82, 2.24) is 4.57 Å². The molecule has 11 aromatic carbocycles. The second-order valence-electron chi connectivity index (χ2n) is 17.6. The van der Waals surface area contributed by atoms with Gasteiger partial charge in [0.1, 0.15) is 22.3 Å². The van der Waals surface area contributed by atoms with E-state index in [4.69, 9.17) is 8.83 Å². The smallest absolute Gasteiger partial charge is 0.143 e. The lowest BCUT2D eigenvalue weighted by molar-refractivity contribution is 0.669. The molecular formula is C64H40N2O2. The SMILES string of the molecule is c1ccc(-n2c3ccccc3c3ccccc32)c(-c2ccc(N(c3ccc(-c4cccc5oc6ccccc6c45)cc3)c3ccc(-c4cccc5oc6c7ccccc7ccc6c45)cc3)cc2)c1. The van der Waals surface area contributed by atoms with E-state index in [9.17, 15) is 0 Å². The zero-order chi connectivity index (χ0) is 44.7. The molecule has 0 atom stereocenters. The van der Waals surface area contributed by atoms with Crippen LogP contribution in [-0.2, 0) is 0 Å². The Hall–Kier alpha value is -9.12. The molecule has 0 unspecified atom stereocenters. The molecule has 0 amide bonds. The highest BCUT2D eigenvalue weighted by molar-refractivity contribution is 6.19. The highest BCUT2D eigenvalue weighted by Crippen LogP contribution is 2.44. The summed E-state index contributed by atoms with van der Waals surface area (Å²) in [6.45, 7) is 0. The van der Waals surface area contributed by atoms with Gasteiger partial charge in [-0.15, -0.1) is 0 Å². The maximum absolute atomic E-state index is 6.58. The molecule has 318 valence electrons. The van der Waals surface area contributed by atoms with Crippen molar-refractivity contribution in [3.8, 4) is 39.1 Å². The summed E-state index contributed by atoms with van der Waals surface area (Å²) in [6, 6.07) is 86.9. The molecule has 3 aromatic heterocycles. The summed E-state index contributed by atoms with van der Waals surface area (Å²) in [5.41, 5.74) is 17.2. The molecule has 14 aromatic rings. The number of aromatic nitrogens is 1. The van der Waals surface area contributed by atoms with E-state index in [1.54, 1.807) is 0 Å². The van der Waals surface area contributed by atoms with E-state index < -0.39 is 0 Å². The Bertz CT molecular complexity index is 4200. The Labute approximate surface area is 391 Å². The zero-order valence-corrected chi connectivity index (χ0v) is 36.8. The summed E-state index contributed by atoms with van der Waals surface area (Å²) in [6.07, 6.45) is 0. The summed E-state index contributed by atoms with van der Waals surface area (Å²) >= 11 is 0. The van der Waals surface area contributed by atoms with Gasteiger partial charge in [-0.25, -0.2) is 0 Å². The highest BCUT2D eigenvalue weighted by atomic mass is 16.3. The Morgan fingerprint density at radius 3 is 1.38 bits per heavy atom. The van der Waals surface area contributed by atoms with Crippen LogP contribution in [0.25, 0.3) is 116 Å². The van der Waals surface area contributed by atoms with Crippen molar-refractivity contribution in [3.05, 3.63) is 243 Å². The third-order valence-corrected chi connectivity index (χ3v) is 13.8. The first kappa shape index (κ1) is 38.2. The quantitative estimate of drug-likeness (QED) is 0.160. The monoisotopic (exact) mass is 868 g/mol. The normalized spacial score (nSPS) is 11.8. The van der Waals surface area contributed by atoms with E-state index in [-0.39, 0.29) is 0 Å². The second-order valence-corrected chi connectivity index (χ2v) is 17.6. The Balaban J connectivity index is 0.886. The molecule has 3 heterocycles. The van der Waals surface area contributed by atoms with Crippen molar-refractivity contribution in [2.45, 2.75) is 0 Å². The maximum Gasteiger partial charge on any atom is 0.143 e. The van der Waals surface area contributed by atoms with E-state index in [1.165, 1.54) is 32.8 Å². The van der Waals surface area contributed by atoms with Crippen LogP contribution in [0.3, 0.4) is 0 Å². The van der Waals surface area contributed by atoms with Gasteiger partial charge in [0.25, 0.3) is 0 Å². The lowest BCUT2D eigenvalue weighted by atomic mass is 9.97. The first-order valence-electron chi connectivity index (χ1n) is 23.2. The molecule has 0 aliphatic rings. The molecule has 0 saturated heterocycles. The number of benzene rings is 11. The largest absolute Gasteiger partial charge is 0.456 e. The summed E-state index contributed by atoms with van der Waals surface area (Å²) in [7, 11) is 0. The minimum absolute atomic E-state index is 0.888. The van der Waals surface area contributed by atoms with Gasteiger partial charge in [0.05, 0.1) is 16.7 Å². The van der Waals surface area contributed by atoms with Gasteiger partial charge in [0.2, 0.25) is 0 Å². The van der Waals surface area contributed by atoms with Crippen molar-refractivity contribution < 1.29 is 8.83 Å². The number of hydrogen-bond acceptors (Lipinski definition) is 3. The van der Waals surface area contributed by atoms with Crippen molar-refractivity contribution in [3.63, 3.8) is 0 Å². The van der Waals surface area contributed by atoms with Gasteiger partial charge in [0, 0.05) is 60.3 Å². The Morgan fingerprint density at radius 2 is 0.750 bits per heavy atom. The maximum atomic E-state index is 6.58. The highest BCUT2D eigenvalue weighted by Gasteiger charge is 2.20. The molecule has 0 aliphatic carbocycles. The molecule has 14 rings (SSSR count). The number of fused-ring (bicyclic) bond motifs is 11. The number of nitrogens with zero attached hydrogens (tertiary/aromatic N) is 2. The predicted molar refractivity (Wildman–Crippen MR) is 284 cm³/mol. The molecule has 0 N–H and O–H groups in total. The third kappa shape index (κ3) is 5.94. The van der Waals surface area contributed by atoms with Crippen LogP contribution >= 0.6 is 0 Å². The minimum atomic E-state index is 0.888. The van der Waals surface area contributed by atoms with E-state index in [2.05, 4.69) is 240 Å². The van der Waals surface area contributed by atoms with E-state index in [0.29, 0.717) is 0 Å². The average molecular weight is 869 g/mol. The first-order valence-corrected chi connectivity index (χ1v) is 23.2. The number of hydrogen-bond donors (Lipinski definition) is 0. The summed E-state index contributed by atoms with van der Waals surface area (Å²) in [5.74, 6) is 0. The fraction of sp³-hybridized carbons (Fsp3) is 0. The third-order valence-electron chi connectivity index (χ3n) is 13.8. The van der Waals surface area contributed by atoms with Gasteiger partial charge in [-0.05, 0) is 112 Å². The topological polar surface area (TPSA) is 34.5 Å². The van der Waals surface area contributed by atoms with Crippen LogP contribution in [0.4, 0.5) is 17.1 Å². The van der Waals surface area contributed by atoms with Crippen molar-refractivity contribution in [2.24, 2.45) is 0 Å². The molecule has 0 radical (unpaired) electrons. The number of anilines is 3. The molecule has 0 spiro atoms. The molecule has 68 heavy (non-hydrogen) atoms. The second kappa shape index (κ2) is 15.2. The van der Waals surface area contributed by atoms with Crippen LogP contribution in [0.5, 0.6) is 0 Å². The summed E-state index contributed by atoms with van der Waals surface area (Å²) in [4.78, 5) is 2.35. The van der Waals surface area contributed by atoms with Crippen molar-refractivity contribution in [2.75, 3.05) is 4.90 Å². The van der Waals surface area contributed by atoms with Crippen LogP contribution in [0, 0.1) is 0 Å². The lowest BCUT2D eigenvalue weighted by Gasteiger charge is -2.26. The summed E-state index contributed by atoms with van der Waals surface area (Å²) < 4.78 is 15.3. The Kier molecular flexibility index (Phi) is 8.55. The molecule has 0 fully saturated rings. The van der Waals surface area contributed by atoms with Gasteiger partial charge in [-0.2, -0.15) is 0 Å². The van der Waals surface area contributed by atoms with Crippen LogP contribution in [0.15, 0.2) is 251 Å². The molecule has 0 aliphatic heterocycles. The number of rotatable bonds is 7. The number of para-hydroxylation sites is 4. The van der Waals surface area contributed by atoms with Crippen molar-refractivity contribution >= 4 is 93.5 Å². The average Bonchev–Trinajstić information content (AvgIpc) is 4.10. The first-order chi connectivity index (χ1) is 33.7. The lowest BCUT2D eigenvalue weighted by Crippen LogP contribution is -2.09. The summed E-state index contributed by atoms with van der Waals surface area (Å²) in [5, 5.41) is 9.30. The van der Waals surface area contributed by atoms with Gasteiger partial charge in [-0.1, -0.05) is 164 Å². The number of furan rings is 2. The van der Waals surface area contributed by atoms with Crippen LogP contribution in [0.2, 0.25) is 0 Å². The predicted octanol–water partition coefficient (Wildman–Crippen LogP) is 18.2. The minimum Gasteiger partial charge on any atom is -0.456 e. The Morgan fingerprint density at radius 1 is 0.294 bits per heavy atom. The zero-order valence-electron chi connectivity index (χ0n) is 36.8. The van der Waals surface area contributed by atoms with Gasteiger partial charge < -0.3 is 18.3 Å². The van der Waals surface area contributed by atoms with E-state index in [0.717, 1.165) is 99.8 Å². The van der Waals surface area contributed by atoms with Gasteiger partial charge in [-0.3, -0.25) is 0 Å². The van der Waals surface area contributed by atoms with Gasteiger partial charge in [0.15, 0.2) is 0 Å². The van der Waals surface area contributed by atoms with E-state index >= 15 is 0 Å². The van der Waals surface area contributed by atoms with Crippen molar-refractivity contribution in [1.29, 1.82) is 0 Å². The van der Waals surface area contributed by atoms with E-state index in [1.807, 2.05) is 12.1 Å². The molecule has 0 saturated carbocycles. The fourth-order valence-electron chi connectivity index (χ4n) is 10.7. The van der Waals surface area contributed by atoms with Crippen LogP contribution < -0.4 is 4.90 Å².